The van der Waals surface area contributed by atoms with Crippen LogP contribution in [-0.2, 0) is 9.53 Å². The van der Waals surface area contributed by atoms with E-state index in [1.807, 2.05) is 0 Å². The molecular weight excluding hydrogens is 445 g/mol. The second kappa shape index (κ2) is 9.26. The molecule has 0 aliphatic rings. The fourth-order valence-electron chi connectivity index (χ4n) is 2.14. The van der Waals surface area contributed by atoms with Gasteiger partial charge in [0.2, 0.25) is 0 Å². The minimum Gasteiger partial charge on any atom is -0.497 e. The Balaban J connectivity index is 1.93. The maximum atomic E-state index is 12.2. The number of esters is 1. The van der Waals surface area contributed by atoms with E-state index in [9.17, 15) is 9.59 Å². The van der Waals surface area contributed by atoms with Gasteiger partial charge in [0.25, 0.3) is 5.91 Å². The van der Waals surface area contributed by atoms with E-state index in [0.29, 0.717) is 20.3 Å². The van der Waals surface area contributed by atoms with E-state index >= 15 is 0 Å². The van der Waals surface area contributed by atoms with Crippen LogP contribution in [0.25, 0.3) is 0 Å². The summed E-state index contributed by atoms with van der Waals surface area (Å²) in [6, 6.07) is 9.67. The highest BCUT2D eigenvalue weighted by Crippen LogP contribution is 2.26. The van der Waals surface area contributed by atoms with Gasteiger partial charge in [-0.25, -0.2) is 4.79 Å². The average molecular weight is 461 g/mol. The number of halogens is 3. The maximum absolute atomic E-state index is 12.2. The van der Waals surface area contributed by atoms with Gasteiger partial charge in [-0.05, 0) is 58.7 Å². The Hall–Kier alpha value is -1.76. The molecule has 138 valence electrons. The summed E-state index contributed by atoms with van der Waals surface area (Å²) in [6.45, 7) is 1.38. The van der Waals surface area contributed by atoms with Crippen LogP contribution < -0.4 is 10.1 Å². The Kier molecular flexibility index (Phi) is 7.32. The number of rotatable bonds is 6. The SMILES string of the molecule is COc1ccc(Br)c(C(=O)OCC(=O)NC(C)c2ccc(Cl)c(Cl)c2)c1. The fraction of sp³-hybridized carbons (Fsp3) is 0.222. The molecule has 5 nitrogen and oxygen atoms in total. The van der Waals surface area contributed by atoms with Crippen molar-refractivity contribution in [3.05, 3.63) is 62.0 Å². The molecule has 1 unspecified atom stereocenters. The number of nitrogens with one attached hydrogen (secondary N) is 1. The van der Waals surface area contributed by atoms with Crippen LogP contribution in [0.15, 0.2) is 40.9 Å². The van der Waals surface area contributed by atoms with E-state index < -0.39 is 18.5 Å². The number of methoxy groups -OCH3 is 1. The second-order valence-corrected chi connectivity index (χ2v) is 7.05. The predicted octanol–water partition coefficient (Wildman–Crippen LogP) is 4.80. The number of hydrogen-bond donors (Lipinski definition) is 1. The molecule has 0 radical (unpaired) electrons. The first-order valence-electron chi connectivity index (χ1n) is 7.56. The topological polar surface area (TPSA) is 64.6 Å². The van der Waals surface area contributed by atoms with Gasteiger partial charge in [0, 0.05) is 4.47 Å². The number of carbonyl (C=O) groups is 2. The Morgan fingerprint density at radius 1 is 1.15 bits per heavy atom. The Morgan fingerprint density at radius 2 is 1.88 bits per heavy atom. The van der Waals surface area contributed by atoms with Gasteiger partial charge < -0.3 is 14.8 Å². The number of ether oxygens (including phenoxy) is 2. The molecule has 2 aromatic rings. The third-order valence-electron chi connectivity index (χ3n) is 3.55. The Bertz CT molecular complexity index is 829. The summed E-state index contributed by atoms with van der Waals surface area (Å²) in [5.74, 6) is -0.554. The quantitative estimate of drug-likeness (QED) is 0.629. The average Bonchev–Trinajstić information content (AvgIpc) is 2.62. The van der Waals surface area contributed by atoms with Crippen molar-refractivity contribution in [3.63, 3.8) is 0 Å². The van der Waals surface area contributed by atoms with Crippen LogP contribution >= 0.6 is 39.1 Å². The summed E-state index contributed by atoms with van der Waals surface area (Å²) in [4.78, 5) is 24.2. The predicted molar refractivity (Wildman–Crippen MR) is 104 cm³/mol. The van der Waals surface area contributed by atoms with Gasteiger partial charge >= 0.3 is 5.97 Å². The zero-order valence-electron chi connectivity index (χ0n) is 14.0. The fourth-order valence-corrected chi connectivity index (χ4v) is 2.86. The summed E-state index contributed by atoms with van der Waals surface area (Å²) in [7, 11) is 1.50. The molecule has 26 heavy (non-hydrogen) atoms. The van der Waals surface area contributed by atoms with Crippen molar-refractivity contribution in [2.75, 3.05) is 13.7 Å². The molecular formula is C18H16BrCl2NO4. The summed E-state index contributed by atoms with van der Waals surface area (Å²) in [5.41, 5.74) is 1.06. The van der Waals surface area contributed by atoms with Crippen LogP contribution in [-0.4, -0.2) is 25.6 Å². The van der Waals surface area contributed by atoms with E-state index in [1.54, 1.807) is 37.3 Å². The van der Waals surface area contributed by atoms with Gasteiger partial charge in [0.15, 0.2) is 6.61 Å². The largest absolute Gasteiger partial charge is 0.497 e. The molecule has 0 spiro atoms. The summed E-state index contributed by atoms with van der Waals surface area (Å²) >= 11 is 15.1. The lowest BCUT2D eigenvalue weighted by atomic mass is 10.1. The Morgan fingerprint density at radius 3 is 2.54 bits per heavy atom. The zero-order chi connectivity index (χ0) is 19.3. The van der Waals surface area contributed by atoms with E-state index in [4.69, 9.17) is 32.7 Å². The van der Waals surface area contributed by atoms with Gasteiger partial charge in [-0.2, -0.15) is 0 Å². The van der Waals surface area contributed by atoms with E-state index in [0.717, 1.165) is 5.56 Å². The van der Waals surface area contributed by atoms with E-state index in [1.165, 1.54) is 13.2 Å². The molecule has 1 amide bonds. The molecule has 0 aromatic heterocycles. The van der Waals surface area contributed by atoms with Crippen LogP contribution in [0.4, 0.5) is 0 Å². The maximum Gasteiger partial charge on any atom is 0.339 e. The molecule has 0 heterocycles. The van der Waals surface area contributed by atoms with Crippen LogP contribution in [0.5, 0.6) is 5.75 Å². The first-order chi connectivity index (χ1) is 12.3. The molecule has 1 atom stereocenters. The van der Waals surface area contributed by atoms with Crippen molar-refractivity contribution in [2.24, 2.45) is 0 Å². The molecule has 0 aliphatic heterocycles. The Labute approximate surface area is 169 Å². The van der Waals surface area contributed by atoms with Gasteiger partial charge in [0.05, 0.1) is 28.8 Å². The molecule has 0 fully saturated rings. The minimum absolute atomic E-state index is 0.273. The number of hydrogen-bond acceptors (Lipinski definition) is 4. The third kappa shape index (κ3) is 5.37. The lowest BCUT2D eigenvalue weighted by Crippen LogP contribution is -2.31. The highest BCUT2D eigenvalue weighted by atomic mass is 79.9. The normalized spacial score (nSPS) is 11.6. The van der Waals surface area contributed by atoms with Crippen LogP contribution in [0, 0.1) is 0 Å². The third-order valence-corrected chi connectivity index (χ3v) is 4.98. The highest BCUT2D eigenvalue weighted by Gasteiger charge is 2.16. The minimum atomic E-state index is -0.631. The summed E-state index contributed by atoms with van der Waals surface area (Å²) in [5, 5.41) is 3.57. The number of benzene rings is 2. The molecule has 0 saturated heterocycles. The summed E-state index contributed by atoms with van der Waals surface area (Å²) < 4.78 is 10.7. The molecule has 0 aliphatic carbocycles. The highest BCUT2D eigenvalue weighted by molar-refractivity contribution is 9.10. The van der Waals surface area contributed by atoms with Crippen molar-refractivity contribution >= 4 is 51.0 Å². The smallest absolute Gasteiger partial charge is 0.339 e. The molecule has 8 heteroatoms. The zero-order valence-corrected chi connectivity index (χ0v) is 17.1. The lowest BCUT2D eigenvalue weighted by Gasteiger charge is -2.15. The van der Waals surface area contributed by atoms with E-state index in [-0.39, 0.29) is 11.6 Å². The molecule has 1 N–H and O–H groups in total. The summed E-state index contributed by atoms with van der Waals surface area (Å²) in [6.07, 6.45) is 0. The molecule has 0 saturated carbocycles. The van der Waals surface area contributed by atoms with E-state index in [2.05, 4.69) is 21.2 Å². The van der Waals surface area contributed by atoms with Gasteiger partial charge in [-0.1, -0.05) is 29.3 Å². The van der Waals surface area contributed by atoms with Crippen molar-refractivity contribution < 1.29 is 19.1 Å². The molecule has 0 bridgehead atoms. The second-order valence-electron chi connectivity index (χ2n) is 5.38. The molecule has 2 rings (SSSR count). The number of carbonyl (C=O) groups excluding carboxylic acids is 2. The van der Waals surface area contributed by atoms with Gasteiger partial charge in [-0.15, -0.1) is 0 Å². The first-order valence-corrected chi connectivity index (χ1v) is 9.11. The van der Waals surface area contributed by atoms with Gasteiger partial charge in [-0.3, -0.25) is 4.79 Å². The standard InChI is InChI=1S/C18H16BrCl2NO4/c1-10(11-3-6-15(20)16(21)7-11)22-17(23)9-26-18(24)13-8-12(25-2)4-5-14(13)19/h3-8,10H,9H2,1-2H3,(H,22,23). The first kappa shape index (κ1) is 20.6. The lowest BCUT2D eigenvalue weighted by molar-refractivity contribution is -0.124. The monoisotopic (exact) mass is 459 g/mol. The van der Waals surface area contributed by atoms with Crippen molar-refractivity contribution in [1.82, 2.24) is 5.32 Å². The molecule has 2 aromatic carbocycles. The van der Waals surface area contributed by atoms with Crippen LogP contribution in [0.1, 0.15) is 28.9 Å². The number of amides is 1. The van der Waals surface area contributed by atoms with Crippen LogP contribution in [0.3, 0.4) is 0 Å². The van der Waals surface area contributed by atoms with Crippen LogP contribution in [0.2, 0.25) is 10.0 Å². The van der Waals surface area contributed by atoms with Crippen molar-refractivity contribution in [1.29, 1.82) is 0 Å². The van der Waals surface area contributed by atoms with Gasteiger partial charge in [0.1, 0.15) is 5.75 Å². The van der Waals surface area contributed by atoms with Crippen molar-refractivity contribution in [2.45, 2.75) is 13.0 Å². The van der Waals surface area contributed by atoms with Crippen molar-refractivity contribution in [3.8, 4) is 5.75 Å².